The van der Waals surface area contributed by atoms with Crippen LogP contribution in [0, 0.1) is 5.92 Å². The third kappa shape index (κ3) is 4.56. The summed E-state index contributed by atoms with van der Waals surface area (Å²) in [5.41, 5.74) is -0.529. The Morgan fingerprint density at radius 3 is 2.50 bits per heavy atom. The van der Waals surface area contributed by atoms with E-state index in [0.29, 0.717) is 32.5 Å². The van der Waals surface area contributed by atoms with Crippen LogP contribution in [0.25, 0.3) is 0 Å². The number of hydrogen-bond donors (Lipinski definition) is 0. The van der Waals surface area contributed by atoms with Gasteiger partial charge < -0.3 is 9.64 Å². The molecule has 0 N–H and O–H groups in total. The van der Waals surface area contributed by atoms with Crippen LogP contribution in [0.4, 0.5) is 13.2 Å². The van der Waals surface area contributed by atoms with Crippen LogP contribution in [0.15, 0.2) is 24.3 Å². The number of piperidine rings is 1. The minimum absolute atomic E-state index is 0.0678. The maximum Gasteiger partial charge on any atom is 0.416 e. The van der Waals surface area contributed by atoms with Crippen molar-refractivity contribution < 1.29 is 27.5 Å². The molecule has 2 rings (SSSR count). The lowest BCUT2D eigenvalue weighted by Crippen LogP contribution is -2.42. The van der Waals surface area contributed by atoms with Crippen LogP contribution in [0.3, 0.4) is 0 Å². The lowest BCUT2D eigenvalue weighted by atomic mass is 9.89. The number of nitrogens with zero attached hydrogens (tertiary/aromatic N) is 1. The van der Waals surface area contributed by atoms with Gasteiger partial charge in [0.25, 0.3) is 0 Å². The van der Waals surface area contributed by atoms with Crippen LogP contribution < -0.4 is 0 Å². The number of Topliss-reactive ketones (excluding diaryl/α,β-unsaturated/α-hetero) is 1. The summed E-state index contributed by atoms with van der Waals surface area (Å²) in [5, 5.41) is 0. The van der Waals surface area contributed by atoms with Gasteiger partial charge in [-0.25, -0.2) is 0 Å². The first-order chi connectivity index (χ1) is 11.3. The summed E-state index contributed by atoms with van der Waals surface area (Å²) in [4.78, 5) is 26.2. The molecule has 0 radical (unpaired) electrons. The number of rotatable bonds is 5. The molecule has 1 aliphatic heterocycles. The van der Waals surface area contributed by atoms with E-state index in [9.17, 15) is 22.8 Å². The third-order valence-corrected chi connectivity index (χ3v) is 4.16. The molecule has 0 aliphatic carbocycles. The summed E-state index contributed by atoms with van der Waals surface area (Å²) in [6.45, 7) is 1.23. The van der Waals surface area contributed by atoms with Crippen molar-refractivity contribution in [1.29, 1.82) is 0 Å². The molecule has 0 bridgehead atoms. The number of halogens is 3. The maximum absolute atomic E-state index is 12.6. The van der Waals surface area contributed by atoms with Crippen molar-refractivity contribution in [2.45, 2.75) is 25.4 Å². The Labute approximate surface area is 138 Å². The van der Waals surface area contributed by atoms with E-state index >= 15 is 0 Å². The second-order valence-corrected chi connectivity index (χ2v) is 5.86. The fourth-order valence-corrected chi connectivity index (χ4v) is 2.82. The monoisotopic (exact) mass is 343 g/mol. The van der Waals surface area contributed by atoms with Gasteiger partial charge in [0.2, 0.25) is 5.91 Å². The molecule has 0 spiro atoms. The van der Waals surface area contributed by atoms with Crippen molar-refractivity contribution in [3.05, 3.63) is 35.4 Å². The molecule has 0 aromatic heterocycles. The number of ketones is 1. The van der Waals surface area contributed by atoms with Gasteiger partial charge in [-0.05, 0) is 25.0 Å². The second kappa shape index (κ2) is 7.79. The standard InChI is InChI=1S/C17H20F3NO3/c1-24-10-8-15(22)21-9-2-3-13(11-21)16(23)12-4-6-14(7-5-12)17(18,19)20/h4-7,13H,2-3,8-11H2,1H3. The van der Waals surface area contributed by atoms with E-state index in [1.807, 2.05) is 0 Å². The average Bonchev–Trinajstić information content (AvgIpc) is 2.58. The van der Waals surface area contributed by atoms with E-state index in [1.54, 1.807) is 4.90 Å². The molecule has 7 heteroatoms. The molecule has 0 saturated carbocycles. The van der Waals surface area contributed by atoms with Gasteiger partial charge >= 0.3 is 6.18 Å². The summed E-state index contributed by atoms with van der Waals surface area (Å²) < 4.78 is 42.6. The highest BCUT2D eigenvalue weighted by molar-refractivity contribution is 5.98. The number of amides is 1. The van der Waals surface area contributed by atoms with Gasteiger partial charge in [-0.3, -0.25) is 9.59 Å². The number of carbonyl (C=O) groups excluding carboxylic acids is 2. The van der Waals surface area contributed by atoms with E-state index in [-0.39, 0.29) is 29.6 Å². The van der Waals surface area contributed by atoms with Crippen molar-refractivity contribution in [3.63, 3.8) is 0 Å². The molecule has 1 aromatic carbocycles. The van der Waals surface area contributed by atoms with E-state index < -0.39 is 11.7 Å². The molecule has 1 unspecified atom stereocenters. The van der Waals surface area contributed by atoms with Crippen LogP contribution in [0.2, 0.25) is 0 Å². The van der Waals surface area contributed by atoms with Gasteiger partial charge in [-0.2, -0.15) is 13.2 Å². The first-order valence-electron chi connectivity index (χ1n) is 7.81. The Morgan fingerprint density at radius 2 is 1.92 bits per heavy atom. The highest BCUT2D eigenvalue weighted by atomic mass is 19.4. The lowest BCUT2D eigenvalue weighted by Gasteiger charge is -2.32. The van der Waals surface area contributed by atoms with Gasteiger partial charge in [0.15, 0.2) is 5.78 Å². The Morgan fingerprint density at radius 1 is 1.25 bits per heavy atom. The SMILES string of the molecule is COCCC(=O)N1CCCC(C(=O)c2ccc(C(F)(F)F)cc2)C1. The van der Waals surface area contributed by atoms with Gasteiger partial charge in [-0.15, -0.1) is 0 Å². The zero-order valence-corrected chi connectivity index (χ0v) is 13.4. The highest BCUT2D eigenvalue weighted by Gasteiger charge is 2.32. The molecule has 1 fully saturated rings. The summed E-state index contributed by atoms with van der Waals surface area (Å²) in [5.74, 6) is -0.656. The van der Waals surface area contributed by atoms with Crippen LogP contribution in [-0.2, 0) is 15.7 Å². The number of carbonyl (C=O) groups is 2. The van der Waals surface area contributed by atoms with E-state index in [1.165, 1.54) is 19.2 Å². The van der Waals surface area contributed by atoms with Crippen molar-refractivity contribution in [2.75, 3.05) is 26.8 Å². The minimum Gasteiger partial charge on any atom is -0.384 e. The number of ether oxygens (including phenoxy) is 1. The number of hydrogen-bond acceptors (Lipinski definition) is 3. The quantitative estimate of drug-likeness (QED) is 0.772. The minimum atomic E-state index is -4.42. The molecular formula is C17H20F3NO3. The van der Waals surface area contributed by atoms with Crippen molar-refractivity contribution in [2.24, 2.45) is 5.92 Å². The molecule has 1 heterocycles. The summed E-state index contributed by atoms with van der Waals surface area (Å²) in [7, 11) is 1.51. The molecule has 1 aromatic rings. The van der Waals surface area contributed by atoms with Crippen LogP contribution in [-0.4, -0.2) is 43.4 Å². The molecule has 1 saturated heterocycles. The molecule has 4 nitrogen and oxygen atoms in total. The third-order valence-electron chi connectivity index (χ3n) is 4.16. The number of alkyl halides is 3. The molecule has 1 amide bonds. The van der Waals surface area contributed by atoms with Gasteiger partial charge in [-0.1, -0.05) is 12.1 Å². The fourth-order valence-electron chi connectivity index (χ4n) is 2.82. The fraction of sp³-hybridized carbons (Fsp3) is 0.529. The second-order valence-electron chi connectivity index (χ2n) is 5.86. The zero-order chi connectivity index (χ0) is 17.7. The number of benzene rings is 1. The Balaban J connectivity index is 2.02. The Bertz CT molecular complexity index is 584. The van der Waals surface area contributed by atoms with Gasteiger partial charge in [0.1, 0.15) is 0 Å². The number of likely N-dealkylation sites (tertiary alicyclic amines) is 1. The molecular weight excluding hydrogens is 323 g/mol. The molecule has 132 valence electrons. The maximum atomic E-state index is 12.6. The van der Waals surface area contributed by atoms with E-state index in [4.69, 9.17) is 4.74 Å². The van der Waals surface area contributed by atoms with Crippen molar-refractivity contribution in [1.82, 2.24) is 4.90 Å². The van der Waals surface area contributed by atoms with Gasteiger partial charge in [0, 0.05) is 31.7 Å². The summed E-state index contributed by atoms with van der Waals surface area (Å²) >= 11 is 0. The van der Waals surface area contributed by atoms with Crippen LogP contribution in [0.5, 0.6) is 0 Å². The normalized spacial score (nSPS) is 18.5. The summed E-state index contributed by atoms with van der Waals surface area (Å²) in [6, 6.07) is 4.24. The lowest BCUT2D eigenvalue weighted by molar-refractivity contribution is -0.137. The first kappa shape index (κ1) is 18.4. The topological polar surface area (TPSA) is 46.6 Å². The van der Waals surface area contributed by atoms with Crippen LogP contribution >= 0.6 is 0 Å². The van der Waals surface area contributed by atoms with Crippen LogP contribution in [0.1, 0.15) is 35.2 Å². The molecule has 24 heavy (non-hydrogen) atoms. The largest absolute Gasteiger partial charge is 0.416 e. The van der Waals surface area contributed by atoms with Crippen molar-refractivity contribution in [3.8, 4) is 0 Å². The first-order valence-corrected chi connectivity index (χ1v) is 7.81. The predicted octanol–water partition coefficient (Wildman–Crippen LogP) is 3.16. The molecule has 1 aliphatic rings. The average molecular weight is 343 g/mol. The number of methoxy groups -OCH3 is 1. The Hall–Kier alpha value is -1.89. The highest BCUT2D eigenvalue weighted by Crippen LogP contribution is 2.30. The van der Waals surface area contributed by atoms with E-state index in [2.05, 4.69) is 0 Å². The molecule has 1 atom stereocenters. The predicted molar refractivity (Wildman–Crippen MR) is 81.6 cm³/mol. The smallest absolute Gasteiger partial charge is 0.384 e. The van der Waals surface area contributed by atoms with Gasteiger partial charge in [0.05, 0.1) is 18.6 Å². The van der Waals surface area contributed by atoms with Crippen molar-refractivity contribution >= 4 is 11.7 Å². The summed E-state index contributed by atoms with van der Waals surface area (Å²) in [6.07, 6.45) is -2.82. The van der Waals surface area contributed by atoms with E-state index in [0.717, 1.165) is 12.1 Å². The zero-order valence-electron chi connectivity index (χ0n) is 13.4. The Kier molecular flexibility index (Phi) is 5.99.